The first-order valence-corrected chi connectivity index (χ1v) is 10.0. The Morgan fingerprint density at radius 1 is 1.07 bits per heavy atom. The number of nitriles is 1. The molecule has 1 aliphatic heterocycles. The van der Waals surface area contributed by atoms with Gasteiger partial charge in [-0.3, -0.25) is 0 Å². The number of aliphatic hydroxyl groups is 1. The van der Waals surface area contributed by atoms with E-state index < -0.39 is 6.04 Å². The second-order valence-electron chi connectivity index (χ2n) is 6.58. The highest BCUT2D eigenvalue weighted by atomic mass is 32.1. The van der Waals surface area contributed by atoms with Gasteiger partial charge in [0.1, 0.15) is 12.3 Å². The molecular formula is C24H18N2O2S. The zero-order chi connectivity index (χ0) is 20.2. The second-order valence-corrected chi connectivity index (χ2v) is 7.58. The van der Waals surface area contributed by atoms with E-state index in [1.54, 1.807) is 6.07 Å². The number of hydrogen-bond acceptors (Lipinski definition) is 5. The Hall–Kier alpha value is -3.46. The molecule has 0 aliphatic carbocycles. The fraction of sp³-hybridized carbons (Fsp3) is 0.0833. The van der Waals surface area contributed by atoms with Crippen LogP contribution in [-0.4, -0.2) is 17.4 Å². The molecule has 0 saturated heterocycles. The Labute approximate surface area is 173 Å². The molecule has 0 amide bonds. The largest absolute Gasteiger partial charge is 0.391 e. The average molecular weight is 398 g/mol. The summed E-state index contributed by atoms with van der Waals surface area (Å²) < 4.78 is 0. The monoisotopic (exact) mass is 398 g/mol. The first-order chi connectivity index (χ1) is 14.3. The molecule has 5 heteroatoms. The molecule has 4 rings (SSSR count). The van der Waals surface area contributed by atoms with Crippen molar-refractivity contribution in [1.29, 1.82) is 5.26 Å². The summed E-state index contributed by atoms with van der Waals surface area (Å²) in [6.45, 7) is -0.0509. The van der Waals surface area contributed by atoms with E-state index in [9.17, 15) is 15.2 Å². The fourth-order valence-corrected chi connectivity index (χ4v) is 4.34. The molecule has 0 fully saturated rings. The van der Waals surface area contributed by atoms with Crippen molar-refractivity contribution in [2.24, 2.45) is 0 Å². The predicted octanol–water partition coefficient (Wildman–Crippen LogP) is 4.62. The van der Waals surface area contributed by atoms with Crippen molar-refractivity contribution in [3.05, 3.63) is 99.9 Å². The number of aliphatic hydroxyl groups excluding tert-OH is 1. The lowest BCUT2D eigenvalue weighted by Gasteiger charge is -2.33. The zero-order valence-corrected chi connectivity index (χ0v) is 16.3. The minimum atomic E-state index is -0.563. The van der Waals surface area contributed by atoms with Crippen molar-refractivity contribution in [2.45, 2.75) is 12.6 Å². The number of carbonyl (C=O) groups excluding carboxylic acids is 1. The maximum atomic E-state index is 12.2. The summed E-state index contributed by atoms with van der Waals surface area (Å²) in [5.74, 6) is 0. The van der Waals surface area contributed by atoms with Crippen LogP contribution < -0.4 is 4.90 Å². The molecule has 1 atom stereocenters. The number of allylic oxidation sites excluding steroid dienone is 2. The van der Waals surface area contributed by atoms with Crippen LogP contribution in [0.2, 0.25) is 0 Å². The van der Waals surface area contributed by atoms with Crippen molar-refractivity contribution in [3.8, 4) is 6.07 Å². The summed E-state index contributed by atoms with van der Waals surface area (Å²) in [5, 5.41) is 21.3. The van der Waals surface area contributed by atoms with Crippen molar-refractivity contribution >= 4 is 34.5 Å². The Balaban J connectivity index is 1.94. The van der Waals surface area contributed by atoms with Gasteiger partial charge in [0.25, 0.3) is 0 Å². The summed E-state index contributed by atoms with van der Waals surface area (Å²) in [4.78, 5) is 15.0. The van der Waals surface area contributed by atoms with Crippen LogP contribution in [0.15, 0.2) is 78.3 Å². The molecule has 0 spiro atoms. The Morgan fingerprint density at radius 2 is 1.83 bits per heavy atom. The highest BCUT2D eigenvalue weighted by Crippen LogP contribution is 2.37. The maximum absolute atomic E-state index is 12.2. The third-order valence-corrected chi connectivity index (χ3v) is 5.85. The van der Waals surface area contributed by atoms with E-state index in [1.165, 1.54) is 11.3 Å². The van der Waals surface area contributed by atoms with Gasteiger partial charge in [0.05, 0.1) is 18.2 Å². The molecule has 1 unspecified atom stereocenters. The third-order valence-electron chi connectivity index (χ3n) is 4.95. The van der Waals surface area contributed by atoms with Crippen molar-refractivity contribution in [2.75, 3.05) is 4.90 Å². The third kappa shape index (κ3) is 3.52. The van der Waals surface area contributed by atoms with Crippen LogP contribution in [0.4, 0.5) is 5.69 Å². The van der Waals surface area contributed by atoms with Gasteiger partial charge < -0.3 is 14.8 Å². The average Bonchev–Trinajstić information content (AvgIpc) is 3.27. The summed E-state index contributed by atoms with van der Waals surface area (Å²) in [6, 6.07) is 20.6. The van der Waals surface area contributed by atoms with E-state index in [1.807, 2.05) is 77.2 Å². The number of nitrogens with zero attached hydrogens (tertiary/aromatic N) is 2. The summed E-state index contributed by atoms with van der Waals surface area (Å²) in [5.41, 5.74) is 4.71. The Bertz CT molecular complexity index is 1140. The number of benzene rings is 2. The topological polar surface area (TPSA) is 64.3 Å². The lowest BCUT2D eigenvalue weighted by Crippen LogP contribution is -2.35. The highest BCUT2D eigenvalue weighted by molar-refractivity contribution is 7.10. The molecule has 0 saturated carbocycles. The first-order valence-electron chi connectivity index (χ1n) is 9.16. The van der Waals surface area contributed by atoms with Crippen LogP contribution in [0.25, 0.3) is 11.1 Å². The minimum Gasteiger partial charge on any atom is -0.391 e. The van der Waals surface area contributed by atoms with Gasteiger partial charge in [-0.1, -0.05) is 36.4 Å². The van der Waals surface area contributed by atoms with Gasteiger partial charge in [-0.05, 0) is 58.0 Å². The van der Waals surface area contributed by atoms with Gasteiger partial charge in [0, 0.05) is 16.8 Å². The van der Waals surface area contributed by atoms with E-state index in [0.717, 1.165) is 39.1 Å². The van der Waals surface area contributed by atoms with Gasteiger partial charge in [-0.2, -0.15) is 5.26 Å². The van der Waals surface area contributed by atoms with Gasteiger partial charge in [-0.25, -0.2) is 0 Å². The quantitative estimate of drug-likeness (QED) is 0.637. The molecule has 142 valence electrons. The molecule has 2 heterocycles. The predicted molar refractivity (Wildman–Crippen MR) is 116 cm³/mol. The fourth-order valence-electron chi connectivity index (χ4n) is 3.58. The van der Waals surface area contributed by atoms with Crippen LogP contribution in [0.5, 0.6) is 0 Å². The van der Waals surface area contributed by atoms with Crippen LogP contribution >= 0.6 is 11.3 Å². The van der Waals surface area contributed by atoms with E-state index in [0.29, 0.717) is 5.56 Å². The normalized spacial score (nSPS) is 16.0. The molecular weight excluding hydrogens is 380 g/mol. The Morgan fingerprint density at radius 3 is 2.55 bits per heavy atom. The van der Waals surface area contributed by atoms with Crippen LogP contribution in [0.1, 0.15) is 21.6 Å². The molecule has 29 heavy (non-hydrogen) atoms. The smallest absolute Gasteiger partial charge is 0.147 e. The maximum Gasteiger partial charge on any atom is 0.147 e. The number of carbonyl (C=O) groups is 1. The summed E-state index contributed by atoms with van der Waals surface area (Å²) in [7, 11) is 0. The van der Waals surface area contributed by atoms with Gasteiger partial charge in [0.15, 0.2) is 0 Å². The highest BCUT2D eigenvalue weighted by Gasteiger charge is 2.28. The lowest BCUT2D eigenvalue weighted by molar-refractivity contribution is -0.107. The van der Waals surface area contributed by atoms with Crippen LogP contribution in [0.3, 0.4) is 0 Å². The SMILES string of the molecule is N#Cc1ccccc1C1=CC(c2ccsc2CO)=CN(c2ccccc2)C1C=O. The number of anilines is 1. The Kier molecular flexibility index (Phi) is 5.39. The number of thiophene rings is 1. The number of para-hydroxylation sites is 1. The summed E-state index contributed by atoms with van der Waals surface area (Å²) in [6.07, 6.45) is 4.80. The number of rotatable bonds is 5. The van der Waals surface area contributed by atoms with Gasteiger partial charge in [-0.15, -0.1) is 11.3 Å². The van der Waals surface area contributed by atoms with Crippen LogP contribution in [0, 0.1) is 11.3 Å². The molecule has 0 bridgehead atoms. The van der Waals surface area contributed by atoms with Gasteiger partial charge in [0.2, 0.25) is 0 Å². The lowest BCUT2D eigenvalue weighted by atomic mass is 9.88. The van der Waals surface area contributed by atoms with E-state index in [2.05, 4.69) is 6.07 Å². The van der Waals surface area contributed by atoms with E-state index >= 15 is 0 Å². The summed E-state index contributed by atoms with van der Waals surface area (Å²) >= 11 is 1.49. The van der Waals surface area contributed by atoms with Crippen LogP contribution in [-0.2, 0) is 11.4 Å². The number of hydrogen-bond donors (Lipinski definition) is 1. The molecule has 0 radical (unpaired) electrons. The van der Waals surface area contributed by atoms with Crippen molar-refractivity contribution < 1.29 is 9.90 Å². The number of aldehydes is 1. The van der Waals surface area contributed by atoms with Gasteiger partial charge >= 0.3 is 0 Å². The molecule has 1 aliphatic rings. The van der Waals surface area contributed by atoms with Crippen molar-refractivity contribution in [1.82, 2.24) is 0 Å². The first kappa shape index (κ1) is 18.9. The van der Waals surface area contributed by atoms with Crippen molar-refractivity contribution in [3.63, 3.8) is 0 Å². The van der Waals surface area contributed by atoms with E-state index in [4.69, 9.17) is 0 Å². The molecule has 3 aromatic rings. The van der Waals surface area contributed by atoms with E-state index in [-0.39, 0.29) is 6.61 Å². The molecule has 4 nitrogen and oxygen atoms in total. The molecule has 1 aromatic heterocycles. The molecule has 2 aromatic carbocycles. The minimum absolute atomic E-state index is 0.0509. The standard InChI is InChI=1S/C24H18N2O2S/c25-13-17-6-4-5-9-20(17)22-12-18(21-10-11-29-24(21)16-28)14-26(23(22)15-27)19-7-2-1-3-8-19/h1-12,14-15,23,28H,16H2. The zero-order valence-electron chi connectivity index (χ0n) is 15.5. The second kappa shape index (κ2) is 8.27. The molecule has 1 N–H and O–H groups in total.